The number of aromatic nitrogens is 2. The smallest absolute Gasteiger partial charge is 0.231 e. The standard InChI is InChI=1S/C15H18N4O.ClH/c1-15(6-8-16-11-15)14(20)18-12-4-2-5-13(10-12)19-9-3-7-17-19;/h2-5,7,9-10,16H,6,8,11H2,1H3,(H,18,20);1H. The molecule has 1 saturated heterocycles. The summed E-state index contributed by atoms with van der Waals surface area (Å²) in [4.78, 5) is 12.4. The Morgan fingerprint density at radius 3 is 2.95 bits per heavy atom. The molecular weight excluding hydrogens is 288 g/mol. The first kappa shape index (κ1) is 15.5. The molecule has 1 aliphatic heterocycles. The molecule has 112 valence electrons. The number of hydrogen-bond acceptors (Lipinski definition) is 3. The average Bonchev–Trinajstić information content (AvgIpc) is 3.11. The molecule has 0 saturated carbocycles. The molecule has 2 aromatic rings. The van der Waals surface area contributed by atoms with E-state index < -0.39 is 0 Å². The number of hydrogen-bond donors (Lipinski definition) is 2. The minimum absolute atomic E-state index is 0. The van der Waals surface area contributed by atoms with Crippen molar-refractivity contribution in [2.24, 2.45) is 5.41 Å². The van der Waals surface area contributed by atoms with Crippen LogP contribution in [-0.4, -0.2) is 28.8 Å². The maximum absolute atomic E-state index is 12.4. The highest BCUT2D eigenvalue weighted by Crippen LogP contribution is 2.26. The highest BCUT2D eigenvalue weighted by molar-refractivity contribution is 5.95. The summed E-state index contributed by atoms with van der Waals surface area (Å²) in [5.41, 5.74) is 1.42. The topological polar surface area (TPSA) is 59.0 Å². The number of halogens is 1. The van der Waals surface area contributed by atoms with Crippen molar-refractivity contribution in [1.82, 2.24) is 15.1 Å². The molecule has 0 spiro atoms. The monoisotopic (exact) mass is 306 g/mol. The normalized spacial score (nSPS) is 20.8. The first-order chi connectivity index (χ1) is 9.67. The third-order valence-corrected chi connectivity index (χ3v) is 3.79. The zero-order valence-electron chi connectivity index (χ0n) is 11.9. The van der Waals surface area contributed by atoms with Gasteiger partial charge in [0.1, 0.15) is 0 Å². The van der Waals surface area contributed by atoms with Gasteiger partial charge in [0.2, 0.25) is 5.91 Å². The summed E-state index contributed by atoms with van der Waals surface area (Å²) < 4.78 is 1.77. The number of anilines is 1. The van der Waals surface area contributed by atoms with Gasteiger partial charge < -0.3 is 10.6 Å². The van der Waals surface area contributed by atoms with E-state index in [1.165, 1.54) is 0 Å². The second kappa shape index (κ2) is 6.28. The fourth-order valence-corrected chi connectivity index (χ4v) is 2.44. The lowest BCUT2D eigenvalue weighted by molar-refractivity contribution is -0.123. The average molecular weight is 307 g/mol. The van der Waals surface area contributed by atoms with Gasteiger partial charge in [-0.25, -0.2) is 4.68 Å². The summed E-state index contributed by atoms with van der Waals surface area (Å²) in [5, 5.41) is 10.4. The number of carbonyl (C=O) groups is 1. The number of amides is 1. The van der Waals surface area contributed by atoms with Gasteiger partial charge in [-0.15, -0.1) is 12.4 Å². The van der Waals surface area contributed by atoms with Crippen LogP contribution >= 0.6 is 12.4 Å². The molecule has 1 unspecified atom stereocenters. The van der Waals surface area contributed by atoms with Gasteiger partial charge >= 0.3 is 0 Å². The van der Waals surface area contributed by atoms with Gasteiger partial charge in [-0.05, 0) is 44.2 Å². The van der Waals surface area contributed by atoms with Gasteiger partial charge in [-0.2, -0.15) is 5.10 Å². The molecule has 1 fully saturated rings. The summed E-state index contributed by atoms with van der Waals surface area (Å²) in [7, 11) is 0. The Hall–Kier alpha value is -1.85. The zero-order chi connectivity index (χ0) is 14.0. The van der Waals surface area contributed by atoms with Gasteiger partial charge in [-0.3, -0.25) is 4.79 Å². The van der Waals surface area contributed by atoms with Crippen molar-refractivity contribution in [2.75, 3.05) is 18.4 Å². The Kier molecular flexibility index (Phi) is 4.65. The number of rotatable bonds is 3. The van der Waals surface area contributed by atoms with Gasteiger partial charge in [0.05, 0.1) is 11.1 Å². The summed E-state index contributed by atoms with van der Waals surface area (Å²) in [6.07, 6.45) is 4.48. The number of nitrogens with zero attached hydrogens (tertiary/aromatic N) is 2. The third-order valence-electron chi connectivity index (χ3n) is 3.79. The number of carbonyl (C=O) groups excluding carboxylic acids is 1. The lowest BCUT2D eigenvalue weighted by Crippen LogP contribution is -2.35. The van der Waals surface area contributed by atoms with Crippen LogP contribution in [0.3, 0.4) is 0 Å². The summed E-state index contributed by atoms with van der Waals surface area (Å²) in [6.45, 7) is 3.63. The Morgan fingerprint density at radius 1 is 1.43 bits per heavy atom. The molecule has 6 heteroatoms. The van der Waals surface area contributed by atoms with Gasteiger partial charge in [-0.1, -0.05) is 6.07 Å². The van der Waals surface area contributed by atoms with Crippen molar-refractivity contribution in [1.29, 1.82) is 0 Å². The minimum atomic E-state index is -0.318. The van der Waals surface area contributed by atoms with Crippen LogP contribution in [0.25, 0.3) is 5.69 Å². The molecule has 5 nitrogen and oxygen atoms in total. The molecule has 1 atom stereocenters. The molecule has 2 N–H and O–H groups in total. The molecule has 3 rings (SSSR count). The van der Waals surface area contributed by atoms with Crippen LogP contribution in [0.1, 0.15) is 13.3 Å². The SMILES string of the molecule is CC1(C(=O)Nc2cccc(-n3cccn3)c2)CCNC1.Cl. The van der Waals surface area contributed by atoms with Crippen LogP contribution in [0, 0.1) is 5.41 Å². The molecule has 2 heterocycles. The molecule has 0 radical (unpaired) electrons. The molecule has 1 amide bonds. The van der Waals surface area contributed by atoms with Crippen molar-refractivity contribution in [3.05, 3.63) is 42.7 Å². The van der Waals surface area contributed by atoms with Crippen LogP contribution < -0.4 is 10.6 Å². The van der Waals surface area contributed by atoms with Gasteiger partial charge in [0.15, 0.2) is 0 Å². The number of nitrogens with one attached hydrogen (secondary N) is 2. The van der Waals surface area contributed by atoms with Crippen molar-refractivity contribution in [3.8, 4) is 5.69 Å². The van der Waals surface area contributed by atoms with Gasteiger partial charge in [0, 0.05) is 24.6 Å². The van der Waals surface area contributed by atoms with Gasteiger partial charge in [0.25, 0.3) is 0 Å². The van der Waals surface area contributed by atoms with E-state index in [4.69, 9.17) is 0 Å². The van der Waals surface area contributed by atoms with E-state index in [0.29, 0.717) is 0 Å². The first-order valence-electron chi connectivity index (χ1n) is 6.80. The van der Waals surface area contributed by atoms with E-state index in [0.717, 1.165) is 30.9 Å². The quantitative estimate of drug-likeness (QED) is 0.914. The highest BCUT2D eigenvalue weighted by Gasteiger charge is 2.36. The Balaban J connectivity index is 0.00000161. The Morgan fingerprint density at radius 2 is 2.29 bits per heavy atom. The fraction of sp³-hybridized carbons (Fsp3) is 0.333. The maximum Gasteiger partial charge on any atom is 0.231 e. The van der Waals surface area contributed by atoms with Crippen molar-refractivity contribution in [3.63, 3.8) is 0 Å². The van der Waals surface area contributed by atoms with Crippen molar-refractivity contribution in [2.45, 2.75) is 13.3 Å². The van der Waals surface area contributed by atoms with E-state index in [2.05, 4.69) is 15.7 Å². The first-order valence-corrected chi connectivity index (χ1v) is 6.80. The largest absolute Gasteiger partial charge is 0.326 e. The minimum Gasteiger partial charge on any atom is -0.326 e. The van der Waals surface area contributed by atoms with Crippen LogP contribution in [0.2, 0.25) is 0 Å². The lowest BCUT2D eigenvalue weighted by atomic mass is 9.89. The van der Waals surface area contributed by atoms with E-state index in [9.17, 15) is 4.79 Å². The number of benzene rings is 1. The third kappa shape index (κ3) is 3.25. The van der Waals surface area contributed by atoms with E-state index in [1.807, 2.05) is 43.5 Å². The Labute approximate surface area is 130 Å². The van der Waals surface area contributed by atoms with Crippen LogP contribution in [0.5, 0.6) is 0 Å². The molecule has 0 aliphatic carbocycles. The van der Waals surface area contributed by atoms with Crippen LogP contribution in [0.4, 0.5) is 5.69 Å². The predicted molar refractivity (Wildman–Crippen MR) is 85.0 cm³/mol. The lowest BCUT2D eigenvalue weighted by Gasteiger charge is -2.21. The highest BCUT2D eigenvalue weighted by atomic mass is 35.5. The molecule has 1 aliphatic rings. The van der Waals surface area contributed by atoms with Crippen molar-refractivity contribution < 1.29 is 4.79 Å². The summed E-state index contributed by atoms with van der Waals surface area (Å²) >= 11 is 0. The molecule has 0 bridgehead atoms. The molecule has 1 aromatic heterocycles. The summed E-state index contributed by atoms with van der Waals surface area (Å²) in [5.74, 6) is 0.0696. The second-order valence-corrected chi connectivity index (χ2v) is 5.44. The fourth-order valence-electron chi connectivity index (χ4n) is 2.44. The zero-order valence-corrected chi connectivity index (χ0v) is 12.7. The van der Waals surface area contributed by atoms with Crippen LogP contribution in [-0.2, 0) is 4.79 Å². The van der Waals surface area contributed by atoms with E-state index in [1.54, 1.807) is 10.9 Å². The van der Waals surface area contributed by atoms with Crippen molar-refractivity contribution >= 4 is 24.0 Å². The van der Waals surface area contributed by atoms with E-state index >= 15 is 0 Å². The summed E-state index contributed by atoms with van der Waals surface area (Å²) in [6, 6.07) is 9.58. The van der Waals surface area contributed by atoms with Crippen LogP contribution in [0.15, 0.2) is 42.7 Å². The maximum atomic E-state index is 12.4. The Bertz CT molecular complexity index is 606. The molecule has 1 aromatic carbocycles. The molecule has 21 heavy (non-hydrogen) atoms. The second-order valence-electron chi connectivity index (χ2n) is 5.44. The molecular formula is C15H19ClN4O. The van der Waals surface area contributed by atoms with E-state index in [-0.39, 0.29) is 23.7 Å². The predicted octanol–water partition coefficient (Wildman–Crippen LogP) is 2.23.